The fourth-order valence-corrected chi connectivity index (χ4v) is 4.97. The highest BCUT2D eigenvalue weighted by Gasteiger charge is 2.76. The Morgan fingerprint density at radius 2 is 2.00 bits per heavy atom. The summed E-state index contributed by atoms with van der Waals surface area (Å²) in [5.74, 6) is 1.33. The summed E-state index contributed by atoms with van der Waals surface area (Å²) in [4.78, 5) is 29.8. The van der Waals surface area contributed by atoms with Crippen molar-refractivity contribution in [3.63, 3.8) is 0 Å². The molecule has 0 spiro atoms. The van der Waals surface area contributed by atoms with Crippen LogP contribution in [-0.4, -0.2) is 47.3 Å². The van der Waals surface area contributed by atoms with E-state index in [4.69, 9.17) is 0 Å². The van der Waals surface area contributed by atoms with Gasteiger partial charge in [-0.2, -0.15) is 0 Å². The van der Waals surface area contributed by atoms with E-state index in [0.29, 0.717) is 18.4 Å². The van der Waals surface area contributed by atoms with E-state index >= 15 is 0 Å². The molecule has 4 unspecified atom stereocenters. The number of carbonyl (C=O) groups excluding carboxylic acids is 2. The van der Waals surface area contributed by atoms with Gasteiger partial charge in [0, 0.05) is 30.6 Å². The second-order valence-corrected chi connectivity index (χ2v) is 9.10. The van der Waals surface area contributed by atoms with Crippen LogP contribution in [0.25, 0.3) is 0 Å². The molecule has 140 valence electrons. The molecule has 2 aliphatic heterocycles. The molecule has 4 rings (SSSR count). The predicted octanol–water partition coefficient (Wildman–Crippen LogP) is 3.17. The number of hydrogen-bond acceptors (Lipinski definition) is 2. The lowest BCUT2D eigenvalue weighted by Gasteiger charge is -2.27. The number of hydrogen-bond donors (Lipinski definition) is 0. The highest BCUT2D eigenvalue weighted by molar-refractivity contribution is 5.95. The third-order valence-corrected chi connectivity index (χ3v) is 7.15. The molecule has 0 aromatic carbocycles. The van der Waals surface area contributed by atoms with Crippen molar-refractivity contribution >= 4 is 11.8 Å². The molecule has 1 saturated carbocycles. The van der Waals surface area contributed by atoms with E-state index in [1.54, 1.807) is 0 Å². The van der Waals surface area contributed by atoms with E-state index in [2.05, 4.69) is 50.0 Å². The smallest absolute Gasteiger partial charge is 0.249 e. The van der Waals surface area contributed by atoms with Crippen molar-refractivity contribution < 1.29 is 9.59 Å². The monoisotopic (exact) mass is 354 g/mol. The van der Waals surface area contributed by atoms with E-state index in [9.17, 15) is 9.59 Å². The Morgan fingerprint density at radius 1 is 1.27 bits per heavy atom. The molecule has 26 heavy (non-hydrogen) atoms. The summed E-state index contributed by atoms with van der Waals surface area (Å²) in [7, 11) is 0. The van der Waals surface area contributed by atoms with Gasteiger partial charge in [-0.1, -0.05) is 51.2 Å². The second-order valence-electron chi connectivity index (χ2n) is 9.10. The van der Waals surface area contributed by atoms with Gasteiger partial charge < -0.3 is 9.80 Å². The van der Waals surface area contributed by atoms with Gasteiger partial charge in [0.2, 0.25) is 11.8 Å². The van der Waals surface area contributed by atoms with Crippen molar-refractivity contribution in [2.24, 2.45) is 22.7 Å². The third kappa shape index (κ3) is 2.41. The van der Waals surface area contributed by atoms with Crippen molar-refractivity contribution in [2.75, 3.05) is 19.6 Å². The maximum Gasteiger partial charge on any atom is 0.249 e. The van der Waals surface area contributed by atoms with Crippen LogP contribution in [0.5, 0.6) is 0 Å². The third-order valence-electron chi connectivity index (χ3n) is 7.15. The van der Waals surface area contributed by atoms with Gasteiger partial charge in [-0.25, -0.2) is 0 Å². The maximum atomic E-state index is 13.0. The number of carbonyl (C=O) groups is 2. The van der Waals surface area contributed by atoms with Crippen LogP contribution in [0.2, 0.25) is 0 Å². The lowest BCUT2D eigenvalue weighted by molar-refractivity contribution is -0.135. The SMILES string of the molecule is C/C(=C\C(C)C(C)C)C(=O)N1CCC(N2CC34C=CC=CC3(C4)C2=O)C1. The fourth-order valence-electron chi connectivity index (χ4n) is 4.97. The molecule has 0 N–H and O–H groups in total. The Balaban J connectivity index is 1.42. The summed E-state index contributed by atoms with van der Waals surface area (Å²) < 4.78 is 0. The van der Waals surface area contributed by atoms with Gasteiger partial charge in [0.25, 0.3) is 0 Å². The molecular weight excluding hydrogens is 324 g/mol. The first kappa shape index (κ1) is 17.6. The van der Waals surface area contributed by atoms with Crippen LogP contribution < -0.4 is 0 Å². The summed E-state index contributed by atoms with van der Waals surface area (Å²) in [6, 6.07) is 0.170. The van der Waals surface area contributed by atoms with E-state index in [1.807, 2.05) is 17.9 Å². The number of rotatable bonds is 4. The van der Waals surface area contributed by atoms with E-state index in [0.717, 1.165) is 31.5 Å². The molecule has 2 amide bonds. The van der Waals surface area contributed by atoms with Gasteiger partial charge in [0.1, 0.15) is 0 Å². The fraction of sp³-hybridized carbons (Fsp3) is 0.636. The van der Waals surface area contributed by atoms with Crippen molar-refractivity contribution in [1.82, 2.24) is 9.80 Å². The normalized spacial score (nSPS) is 36.6. The Labute approximate surface area is 156 Å². The van der Waals surface area contributed by atoms with Gasteiger partial charge in [0.15, 0.2) is 0 Å². The van der Waals surface area contributed by atoms with Crippen LogP contribution in [0, 0.1) is 22.7 Å². The largest absolute Gasteiger partial charge is 0.337 e. The molecule has 2 aliphatic carbocycles. The number of allylic oxidation sites excluding steroid dienone is 3. The molecule has 4 heteroatoms. The van der Waals surface area contributed by atoms with Crippen LogP contribution >= 0.6 is 0 Å². The number of likely N-dealkylation sites (tertiary alicyclic amines) is 2. The second kappa shape index (κ2) is 5.83. The molecule has 0 aromatic heterocycles. The van der Waals surface area contributed by atoms with E-state index in [1.165, 1.54) is 0 Å². The predicted molar refractivity (Wildman–Crippen MR) is 102 cm³/mol. The highest BCUT2D eigenvalue weighted by Crippen LogP contribution is 2.72. The molecule has 2 saturated heterocycles. The average Bonchev–Trinajstić information content (AvgIpc) is 2.91. The molecule has 4 atom stereocenters. The van der Waals surface area contributed by atoms with Crippen LogP contribution in [0.3, 0.4) is 0 Å². The summed E-state index contributed by atoms with van der Waals surface area (Å²) in [6.45, 7) is 10.7. The zero-order valence-corrected chi connectivity index (χ0v) is 16.4. The molecule has 3 fully saturated rings. The quantitative estimate of drug-likeness (QED) is 0.728. The molecule has 0 bridgehead atoms. The first-order chi connectivity index (χ1) is 12.3. The minimum absolute atomic E-state index is 0.0405. The van der Waals surface area contributed by atoms with Crippen molar-refractivity contribution in [2.45, 2.75) is 46.6 Å². The Morgan fingerprint density at radius 3 is 2.69 bits per heavy atom. The Hall–Kier alpha value is -1.84. The van der Waals surface area contributed by atoms with Gasteiger partial charge in [0.05, 0.1) is 11.5 Å². The Bertz CT molecular complexity index is 734. The minimum atomic E-state index is -0.262. The lowest BCUT2D eigenvalue weighted by Crippen LogP contribution is -2.42. The standard InChI is InChI=1S/C22H30N2O2/c1-15(2)16(3)11-17(4)19(25)23-10-7-18(12-23)24-14-21-8-5-6-9-22(21,13-21)20(24)26/h5-6,8-9,11,15-16,18H,7,10,12-14H2,1-4H3/b17-11+. The van der Waals surface area contributed by atoms with Crippen LogP contribution in [-0.2, 0) is 9.59 Å². The zero-order chi connectivity index (χ0) is 18.7. The van der Waals surface area contributed by atoms with Gasteiger partial charge in [-0.15, -0.1) is 0 Å². The first-order valence-electron chi connectivity index (χ1n) is 9.95. The topological polar surface area (TPSA) is 40.6 Å². The number of amides is 2. The lowest BCUT2D eigenvalue weighted by atomic mass is 9.92. The minimum Gasteiger partial charge on any atom is -0.337 e. The van der Waals surface area contributed by atoms with E-state index in [-0.39, 0.29) is 28.7 Å². The summed E-state index contributed by atoms with van der Waals surface area (Å²) >= 11 is 0. The zero-order valence-electron chi connectivity index (χ0n) is 16.4. The molecule has 4 nitrogen and oxygen atoms in total. The molecule has 4 aliphatic rings. The van der Waals surface area contributed by atoms with Crippen molar-refractivity contribution in [3.8, 4) is 0 Å². The summed E-state index contributed by atoms with van der Waals surface area (Å²) in [5.41, 5.74) is 0.611. The average molecular weight is 354 g/mol. The van der Waals surface area contributed by atoms with Gasteiger partial charge in [-0.05, 0) is 31.6 Å². The van der Waals surface area contributed by atoms with Crippen LogP contribution in [0.4, 0.5) is 0 Å². The van der Waals surface area contributed by atoms with Crippen molar-refractivity contribution in [3.05, 3.63) is 36.0 Å². The van der Waals surface area contributed by atoms with Crippen LogP contribution in [0.15, 0.2) is 36.0 Å². The highest BCUT2D eigenvalue weighted by atomic mass is 16.2. The molecule has 2 heterocycles. The van der Waals surface area contributed by atoms with E-state index < -0.39 is 0 Å². The number of nitrogens with zero attached hydrogens (tertiary/aromatic N) is 2. The van der Waals surface area contributed by atoms with Crippen LogP contribution in [0.1, 0.15) is 40.5 Å². The molecular formula is C22H30N2O2. The number of piperidine rings is 1. The maximum absolute atomic E-state index is 13.0. The molecule has 0 radical (unpaired) electrons. The summed E-state index contributed by atoms with van der Waals surface area (Å²) in [5, 5.41) is 0. The first-order valence-corrected chi connectivity index (χ1v) is 9.95. The summed E-state index contributed by atoms with van der Waals surface area (Å²) in [6.07, 6.45) is 12.4. The Kier molecular flexibility index (Phi) is 3.94. The van der Waals surface area contributed by atoms with Gasteiger partial charge in [-0.3, -0.25) is 9.59 Å². The molecule has 0 aromatic rings. The van der Waals surface area contributed by atoms with Gasteiger partial charge >= 0.3 is 0 Å². The van der Waals surface area contributed by atoms with Crippen molar-refractivity contribution in [1.29, 1.82) is 0 Å².